The van der Waals surface area contributed by atoms with E-state index in [1.54, 1.807) is 38.1 Å². The van der Waals surface area contributed by atoms with Gasteiger partial charge in [0.25, 0.3) is 0 Å². The average Bonchev–Trinajstić information content (AvgIpc) is 2.96. The maximum atomic E-state index is 11.7. The standard InChI is InChI=1S/C22H21BCl3.C10H11O2S/c1-3-16(2)23(17-4-10-20(24)11-5-17,18-6-12-21(25)13-7-18)19-8-14-22(26)15-9-19;1-10(2,13-12)9(11)8-6-4-3-5-7-8/h4-16H,3H2,1-2H3;3-7H,1-2H3/q-1;+1. The molecule has 7 heteroatoms. The first kappa shape index (κ1) is 31.0. The lowest BCUT2D eigenvalue weighted by molar-refractivity contribution is 0.0957. The predicted octanol–water partition coefficient (Wildman–Crippen LogP) is 7.99. The number of benzene rings is 4. The van der Waals surface area contributed by atoms with E-state index in [-0.39, 0.29) is 5.78 Å². The third kappa shape index (κ3) is 7.18. The molecule has 0 radical (unpaired) electrons. The second-order valence-corrected chi connectivity index (χ2v) is 12.8. The monoisotopic (exact) mass is 596 g/mol. The van der Waals surface area contributed by atoms with E-state index in [1.165, 1.54) is 16.4 Å². The molecular weight excluding hydrogens is 566 g/mol. The van der Waals surface area contributed by atoms with Crippen molar-refractivity contribution in [3.63, 3.8) is 0 Å². The SMILES string of the molecule is CC(C)([S+]=O)C(=O)c1ccccc1.CCC(C)[B-](c1ccc(Cl)cc1)(c1ccc(Cl)cc1)c1ccc(Cl)cc1. The second kappa shape index (κ2) is 13.7. The molecule has 0 saturated heterocycles. The number of rotatable bonds is 8. The number of ketones is 1. The quantitative estimate of drug-likeness (QED) is 0.117. The molecule has 0 amide bonds. The van der Waals surface area contributed by atoms with E-state index in [2.05, 4.69) is 50.2 Å². The molecule has 0 aromatic heterocycles. The van der Waals surface area contributed by atoms with Crippen LogP contribution in [0.3, 0.4) is 0 Å². The summed E-state index contributed by atoms with van der Waals surface area (Å²) in [6, 6.07) is 33.6. The molecule has 0 N–H and O–H groups in total. The topological polar surface area (TPSA) is 34.1 Å². The summed E-state index contributed by atoms with van der Waals surface area (Å²) in [5.41, 5.74) is 4.41. The summed E-state index contributed by atoms with van der Waals surface area (Å²) >= 11 is 18.9. The fourth-order valence-corrected chi connectivity index (χ4v) is 5.76. The van der Waals surface area contributed by atoms with E-state index < -0.39 is 10.9 Å². The van der Waals surface area contributed by atoms with E-state index in [1.807, 2.05) is 42.5 Å². The van der Waals surface area contributed by atoms with Crippen molar-refractivity contribution >= 4 is 74.8 Å². The van der Waals surface area contributed by atoms with Crippen LogP contribution in [0.4, 0.5) is 0 Å². The Hall–Kier alpha value is -2.50. The molecule has 0 fully saturated rings. The summed E-state index contributed by atoms with van der Waals surface area (Å²) in [5.74, 6) is 0.298. The van der Waals surface area contributed by atoms with E-state index in [4.69, 9.17) is 34.8 Å². The number of Topliss-reactive ketones (excluding diaryl/α,β-unsaturated/α-hetero) is 1. The molecule has 202 valence electrons. The highest BCUT2D eigenvalue weighted by Crippen LogP contribution is 2.27. The first-order valence-corrected chi connectivity index (χ1v) is 14.8. The zero-order valence-electron chi connectivity index (χ0n) is 22.5. The maximum Gasteiger partial charge on any atom is 0.473 e. The first-order chi connectivity index (χ1) is 18.6. The van der Waals surface area contributed by atoms with Crippen LogP contribution in [-0.2, 0) is 15.9 Å². The van der Waals surface area contributed by atoms with Gasteiger partial charge in [-0.2, -0.15) is 22.2 Å². The molecule has 39 heavy (non-hydrogen) atoms. The van der Waals surface area contributed by atoms with Crippen molar-refractivity contribution in [1.29, 1.82) is 0 Å². The zero-order chi connectivity index (χ0) is 28.6. The lowest BCUT2D eigenvalue weighted by Crippen LogP contribution is -2.69. The summed E-state index contributed by atoms with van der Waals surface area (Å²) in [7, 11) is 0. The normalized spacial score (nSPS) is 12.2. The Morgan fingerprint density at radius 3 is 1.38 bits per heavy atom. The molecule has 0 aliphatic carbocycles. The minimum absolute atomic E-state index is 0.117. The summed E-state index contributed by atoms with van der Waals surface area (Å²) in [5, 5.41) is 2.24. The second-order valence-electron chi connectivity index (χ2n) is 10.3. The number of hydrogen-bond donors (Lipinski definition) is 0. The molecule has 2 nitrogen and oxygen atoms in total. The molecule has 0 aliphatic heterocycles. The van der Waals surface area contributed by atoms with Crippen molar-refractivity contribution in [1.82, 2.24) is 0 Å². The van der Waals surface area contributed by atoms with Crippen LogP contribution in [0, 0.1) is 0 Å². The van der Waals surface area contributed by atoms with Crippen LogP contribution in [0.5, 0.6) is 0 Å². The molecule has 0 heterocycles. The van der Waals surface area contributed by atoms with Crippen molar-refractivity contribution in [2.75, 3.05) is 0 Å². The van der Waals surface area contributed by atoms with Gasteiger partial charge < -0.3 is 0 Å². The fraction of sp³-hybridized carbons (Fsp3) is 0.219. The minimum Gasteiger partial charge on any atom is -0.287 e. The van der Waals surface area contributed by atoms with E-state index >= 15 is 0 Å². The molecule has 1 atom stereocenters. The molecule has 4 rings (SSSR count). The molecule has 0 bridgehead atoms. The smallest absolute Gasteiger partial charge is 0.287 e. The van der Waals surface area contributed by atoms with Crippen molar-refractivity contribution in [3.05, 3.63) is 124 Å². The number of hydrogen-bond acceptors (Lipinski definition) is 2. The van der Waals surface area contributed by atoms with Crippen LogP contribution < -0.4 is 16.4 Å². The van der Waals surface area contributed by atoms with Crippen molar-refractivity contribution < 1.29 is 9.00 Å². The van der Waals surface area contributed by atoms with E-state index in [0.29, 0.717) is 23.0 Å². The van der Waals surface area contributed by atoms with Gasteiger partial charge in [0.1, 0.15) is 0 Å². The van der Waals surface area contributed by atoms with E-state index in [9.17, 15) is 9.00 Å². The first-order valence-electron chi connectivity index (χ1n) is 12.9. The van der Waals surface area contributed by atoms with Crippen LogP contribution in [0.2, 0.25) is 20.9 Å². The van der Waals surface area contributed by atoms with Gasteiger partial charge in [-0.3, -0.25) is 4.79 Å². The highest BCUT2D eigenvalue weighted by molar-refractivity contribution is 7.68. The van der Waals surface area contributed by atoms with Crippen LogP contribution in [-0.4, -0.2) is 16.7 Å². The predicted molar refractivity (Wildman–Crippen MR) is 172 cm³/mol. The Bertz CT molecular complexity index is 1260. The number of carbonyl (C=O) groups excluding carboxylic acids is 1. The molecule has 4 aromatic carbocycles. The van der Waals surface area contributed by atoms with Gasteiger partial charge in [-0.25, -0.2) is 0 Å². The van der Waals surface area contributed by atoms with Gasteiger partial charge in [0.05, 0.1) is 6.15 Å². The minimum atomic E-state index is -1.19. The molecule has 4 aromatic rings. The van der Waals surface area contributed by atoms with Crippen molar-refractivity contribution in [2.24, 2.45) is 0 Å². The third-order valence-corrected chi connectivity index (χ3v) is 8.83. The van der Waals surface area contributed by atoms with Gasteiger partial charge >= 0.3 is 16.4 Å². The molecule has 0 saturated carbocycles. The van der Waals surface area contributed by atoms with Crippen LogP contribution in [0.15, 0.2) is 103 Å². The van der Waals surface area contributed by atoms with Gasteiger partial charge in [0, 0.05) is 38.7 Å². The van der Waals surface area contributed by atoms with Crippen molar-refractivity contribution in [2.45, 2.75) is 44.7 Å². The highest BCUT2D eigenvalue weighted by atomic mass is 35.5. The zero-order valence-corrected chi connectivity index (χ0v) is 25.6. The van der Waals surface area contributed by atoms with Gasteiger partial charge in [-0.1, -0.05) is 122 Å². The van der Waals surface area contributed by atoms with E-state index in [0.717, 1.165) is 21.5 Å². The average molecular weight is 598 g/mol. The Kier molecular flexibility index (Phi) is 10.9. The summed E-state index contributed by atoms with van der Waals surface area (Å²) < 4.78 is 9.79. The third-order valence-electron chi connectivity index (χ3n) is 7.48. The molecule has 1 unspecified atom stereocenters. The van der Waals surface area contributed by atoms with Crippen LogP contribution in [0.1, 0.15) is 44.5 Å². The van der Waals surface area contributed by atoms with Gasteiger partial charge in [-0.05, 0) is 36.4 Å². The lowest BCUT2D eigenvalue weighted by atomic mass is 9.10. The number of carbonyl (C=O) groups is 1. The van der Waals surface area contributed by atoms with Gasteiger partial charge in [0.15, 0.2) is 0 Å². The highest BCUT2D eigenvalue weighted by Gasteiger charge is 2.42. The summed E-state index contributed by atoms with van der Waals surface area (Å²) in [4.78, 5) is 11.7. The lowest BCUT2D eigenvalue weighted by Gasteiger charge is -2.48. The molecule has 0 spiro atoms. The number of halogens is 3. The summed E-state index contributed by atoms with van der Waals surface area (Å²) in [6.07, 6.45) is -0.144. The summed E-state index contributed by atoms with van der Waals surface area (Å²) in [6.45, 7) is 7.83. The Morgan fingerprint density at radius 2 is 1.08 bits per heavy atom. The largest absolute Gasteiger partial charge is 0.473 e. The van der Waals surface area contributed by atoms with Crippen LogP contribution >= 0.6 is 34.8 Å². The van der Waals surface area contributed by atoms with Gasteiger partial charge in [0.2, 0.25) is 5.78 Å². The maximum absolute atomic E-state index is 11.7. The fourth-order valence-electron chi connectivity index (χ4n) is 5.19. The molecular formula is C32H32BCl3O2S. The van der Waals surface area contributed by atoms with Gasteiger partial charge in [-0.15, -0.1) is 0 Å². The van der Waals surface area contributed by atoms with Crippen molar-refractivity contribution in [3.8, 4) is 0 Å². The Balaban J connectivity index is 0.000000272. The van der Waals surface area contributed by atoms with Crippen LogP contribution in [0.25, 0.3) is 0 Å². The Morgan fingerprint density at radius 1 is 0.718 bits per heavy atom. The molecule has 0 aliphatic rings. The Labute approximate surface area is 251 Å².